The van der Waals surface area contributed by atoms with Crippen molar-refractivity contribution in [1.82, 2.24) is 0 Å². The predicted molar refractivity (Wildman–Crippen MR) is 78.1 cm³/mol. The van der Waals surface area contributed by atoms with Gasteiger partial charge < -0.3 is 9.47 Å². The van der Waals surface area contributed by atoms with Gasteiger partial charge in [0.2, 0.25) is 0 Å². The van der Waals surface area contributed by atoms with Crippen molar-refractivity contribution in [2.24, 2.45) is 0 Å². The first-order valence-electron chi connectivity index (χ1n) is 6.37. The third-order valence-electron chi connectivity index (χ3n) is 3.08. The predicted octanol–water partition coefficient (Wildman–Crippen LogP) is 4.63. The second-order valence-corrected chi connectivity index (χ2v) is 4.75. The molecule has 0 aliphatic rings. The molecule has 4 heteroatoms. The molecule has 2 aromatic carbocycles. The monoisotopic (exact) mass is 294 g/mol. The van der Waals surface area contributed by atoms with E-state index in [1.54, 1.807) is 7.11 Å². The van der Waals surface area contributed by atoms with Crippen molar-refractivity contribution >= 4 is 11.6 Å². The Kier molecular flexibility index (Phi) is 4.85. The molecule has 0 aliphatic heterocycles. The van der Waals surface area contributed by atoms with Gasteiger partial charge in [-0.1, -0.05) is 18.5 Å². The molecule has 0 radical (unpaired) electrons. The van der Waals surface area contributed by atoms with Crippen LogP contribution in [0.3, 0.4) is 0 Å². The zero-order valence-electron chi connectivity index (χ0n) is 11.5. The van der Waals surface area contributed by atoms with Crippen LogP contribution in [0.25, 0.3) is 0 Å². The standard InChI is InChI=1S/C16H16ClFO2/c1-3-11-8-12(18)9-16(17)15(11)10-20-14-6-4-13(19-2)5-7-14/h4-9H,3,10H2,1-2H3. The zero-order valence-corrected chi connectivity index (χ0v) is 12.2. The number of hydrogen-bond donors (Lipinski definition) is 0. The van der Waals surface area contributed by atoms with E-state index in [0.29, 0.717) is 23.8 Å². The van der Waals surface area contributed by atoms with Gasteiger partial charge in [0.1, 0.15) is 23.9 Å². The number of halogens is 2. The Labute approximate surface area is 123 Å². The van der Waals surface area contributed by atoms with Crippen molar-refractivity contribution in [3.8, 4) is 11.5 Å². The second kappa shape index (κ2) is 6.62. The molecule has 0 spiro atoms. The minimum absolute atomic E-state index is 0.314. The molecule has 2 nitrogen and oxygen atoms in total. The van der Waals surface area contributed by atoms with Gasteiger partial charge >= 0.3 is 0 Å². The molecule has 0 N–H and O–H groups in total. The summed E-state index contributed by atoms with van der Waals surface area (Å²) in [5, 5.41) is 0.398. The largest absolute Gasteiger partial charge is 0.497 e. The molecule has 2 rings (SSSR count). The van der Waals surface area contributed by atoms with Gasteiger partial charge in [0.15, 0.2) is 0 Å². The minimum atomic E-state index is -0.319. The number of ether oxygens (including phenoxy) is 2. The smallest absolute Gasteiger partial charge is 0.124 e. The molecule has 20 heavy (non-hydrogen) atoms. The quantitative estimate of drug-likeness (QED) is 0.800. The maximum atomic E-state index is 13.3. The molecule has 0 aromatic heterocycles. The van der Waals surface area contributed by atoms with Gasteiger partial charge in [-0.05, 0) is 48.4 Å². The van der Waals surface area contributed by atoms with E-state index >= 15 is 0 Å². The Morgan fingerprint density at radius 3 is 2.35 bits per heavy atom. The van der Waals surface area contributed by atoms with E-state index in [4.69, 9.17) is 21.1 Å². The highest BCUT2D eigenvalue weighted by molar-refractivity contribution is 6.31. The molecule has 0 aliphatic carbocycles. The summed E-state index contributed by atoms with van der Waals surface area (Å²) in [4.78, 5) is 0. The molecule has 0 atom stereocenters. The molecule has 0 amide bonds. The summed E-state index contributed by atoms with van der Waals surface area (Å²) in [6.07, 6.45) is 0.707. The molecule has 0 heterocycles. The van der Waals surface area contributed by atoms with Crippen LogP contribution in [-0.2, 0) is 13.0 Å². The van der Waals surface area contributed by atoms with Crippen LogP contribution in [-0.4, -0.2) is 7.11 Å². The summed E-state index contributed by atoms with van der Waals surface area (Å²) >= 11 is 6.09. The fraction of sp³-hybridized carbons (Fsp3) is 0.250. The van der Waals surface area contributed by atoms with Crippen LogP contribution in [0, 0.1) is 5.82 Å². The molecular formula is C16H16ClFO2. The van der Waals surface area contributed by atoms with E-state index in [0.717, 1.165) is 16.9 Å². The van der Waals surface area contributed by atoms with E-state index < -0.39 is 0 Å². The number of hydrogen-bond acceptors (Lipinski definition) is 2. The van der Waals surface area contributed by atoms with Crippen molar-refractivity contribution in [1.29, 1.82) is 0 Å². The summed E-state index contributed by atoms with van der Waals surface area (Å²) in [5.41, 5.74) is 1.69. The SMILES string of the molecule is CCc1cc(F)cc(Cl)c1COc1ccc(OC)cc1. The molecule has 0 saturated carbocycles. The summed E-state index contributed by atoms with van der Waals surface area (Å²) < 4.78 is 24.1. The topological polar surface area (TPSA) is 18.5 Å². The van der Waals surface area contributed by atoms with Crippen LogP contribution in [0.15, 0.2) is 36.4 Å². The molecule has 2 aromatic rings. The van der Waals surface area contributed by atoms with Crippen LogP contribution in [0.2, 0.25) is 5.02 Å². The van der Waals surface area contributed by atoms with Gasteiger partial charge in [-0.15, -0.1) is 0 Å². The highest BCUT2D eigenvalue weighted by Gasteiger charge is 2.09. The van der Waals surface area contributed by atoms with Crippen LogP contribution >= 0.6 is 11.6 Å². The molecule has 0 fully saturated rings. The third kappa shape index (κ3) is 3.42. The lowest BCUT2D eigenvalue weighted by atomic mass is 10.1. The lowest BCUT2D eigenvalue weighted by Gasteiger charge is -2.12. The van der Waals surface area contributed by atoms with Crippen molar-refractivity contribution < 1.29 is 13.9 Å². The third-order valence-corrected chi connectivity index (χ3v) is 3.41. The molecular weight excluding hydrogens is 279 g/mol. The Morgan fingerprint density at radius 1 is 1.10 bits per heavy atom. The Bertz CT molecular complexity index is 582. The highest BCUT2D eigenvalue weighted by atomic mass is 35.5. The van der Waals surface area contributed by atoms with Crippen molar-refractivity contribution in [3.05, 3.63) is 58.4 Å². The minimum Gasteiger partial charge on any atom is -0.497 e. The lowest BCUT2D eigenvalue weighted by Crippen LogP contribution is -2.01. The van der Waals surface area contributed by atoms with Gasteiger partial charge in [0.05, 0.1) is 12.1 Å². The molecule has 0 unspecified atom stereocenters. The maximum Gasteiger partial charge on any atom is 0.124 e. The van der Waals surface area contributed by atoms with E-state index in [1.165, 1.54) is 12.1 Å². The normalized spacial score (nSPS) is 10.4. The van der Waals surface area contributed by atoms with Gasteiger partial charge in [-0.3, -0.25) is 0 Å². The fourth-order valence-corrected chi connectivity index (χ4v) is 2.24. The zero-order chi connectivity index (χ0) is 14.5. The highest BCUT2D eigenvalue weighted by Crippen LogP contribution is 2.25. The Hall–Kier alpha value is -1.74. The molecule has 106 valence electrons. The second-order valence-electron chi connectivity index (χ2n) is 4.34. The average Bonchev–Trinajstić information content (AvgIpc) is 2.46. The molecule has 0 saturated heterocycles. The maximum absolute atomic E-state index is 13.3. The van der Waals surface area contributed by atoms with E-state index in [9.17, 15) is 4.39 Å². The Balaban J connectivity index is 2.13. The number of aryl methyl sites for hydroxylation is 1. The first-order valence-corrected chi connectivity index (χ1v) is 6.75. The summed E-state index contributed by atoms with van der Waals surface area (Å²) in [6.45, 7) is 2.27. The number of benzene rings is 2. The lowest BCUT2D eigenvalue weighted by molar-refractivity contribution is 0.304. The van der Waals surface area contributed by atoms with E-state index in [2.05, 4.69) is 0 Å². The van der Waals surface area contributed by atoms with Gasteiger partial charge in [0.25, 0.3) is 0 Å². The van der Waals surface area contributed by atoms with Gasteiger partial charge in [0, 0.05) is 5.56 Å². The number of rotatable bonds is 5. The van der Waals surface area contributed by atoms with Gasteiger partial charge in [-0.2, -0.15) is 0 Å². The first kappa shape index (κ1) is 14.7. The first-order chi connectivity index (χ1) is 9.63. The van der Waals surface area contributed by atoms with Crippen LogP contribution in [0.4, 0.5) is 4.39 Å². The summed E-state index contributed by atoms with van der Waals surface area (Å²) in [5.74, 6) is 1.17. The fourth-order valence-electron chi connectivity index (χ4n) is 1.96. The van der Waals surface area contributed by atoms with Crippen molar-refractivity contribution in [2.45, 2.75) is 20.0 Å². The Morgan fingerprint density at radius 2 is 1.75 bits per heavy atom. The molecule has 0 bridgehead atoms. The van der Waals surface area contributed by atoms with Crippen LogP contribution in [0.1, 0.15) is 18.1 Å². The average molecular weight is 295 g/mol. The summed E-state index contributed by atoms with van der Waals surface area (Å²) in [6, 6.07) is 10.1. The van der Waals surface area contributed by atoms with Crippen molar-refractivity contribution in [3.63, 3.8) is 0 Å². The van der Waals surface area contributed by atoms with Crippen LogP contribution < -0.4 is 9.47 Å². The summed E-state index contributed by atoms with van der Waals surface area (Å²) in [7, 11) is 1.61. The van der Waals surface area contributed by atoms with E-state index in [1.807, 2.05) is 31.2 Å². The van der Waals surface area contributed by atoms with Crippen LogP contribution in [0.5, 0.6) is 11.5 Å². The van der Waals surface area contributed by atoms with Crippen molar-refractivity contribution in [2.75, 3.05) is 7.11 Å². The van der Waals surface area contributed by atoms with Gasteiger partial charge in [-0.25, -0.2) is 4.39 Å². The van der Waals surface area contributed by atoms with E-state index in [-0.39, 0.29) is 5.82 Å². The number of methoxy groups -OCH3 is 1.